The van der Waals surface area contributed by atoms with Gasteiger partial charge in [-0.15, -0.1) is 0 Å². The van der Waals surface area contributed by atoms with Crippen LogP contribution in [0.2, 0.25) is 0 Å². The number of hydrogen-bond acceptors (Lipinski definition) is 2. The SMILES string of the molecule is CC1CCC(C(Cc2ccc(C(F)(F)F)cc2)NN)CC1. The molecule has 0 radical (unpaired) electrons. The van der Waals surface area contributed by atoms with Gasteiger partial charge in [-0.1, -0.05) is 31.9 Å². The van der Waals surface area contributed by atoms with E-state index in [0.29, 0.717) is 12.3 Å². The van der Waals surface area contributed by atoms with Gasteiger partial charge in [-0.05, 0) is 48.8 Å². The Kier molecular flexibility index (Phi) is 5.27. The summed E-state index contributed by atoms with van der Waals surface area (Å²) >= 11 is 0. The number of halogens is 3. The first-order valence-electron chi connectivity index (χ1n) is 7.52. The monoisotopic (exact) mass is 300 g/mol. The van der Waals surface area contributed by atoms with Gasteiger partial charge in [-0.2, -0.15) is 13.2 Å². The Morgan fingerprint density at radius 2 is 1.71 bits per heavy atom. The van der Waals surface area contributed by atoms with E-state index in [2.05, 4.69) is 12.3 Å². The fraction of sp³-hybridized carbons (Fsp3) is 0.625. The summed E-state index contributed by atoms with van der Waals surface area (Å²) in [5.41, 5.74) is 3.15. The molecule has 0 aliphatic heterocycles. The standard InChI is InChI=1S/C16H23F3N2/c1-11-2-6-13(7-3-11)15(21-20)10-12-4-8-14(9-5-12)16(17,18)19/h4-5,8-9,11,13,15,21H,2-3,6-7,10,20H2,1H3. The van der Waals surface area contributed by atoms with Gasteiger partial charge in [0.15, 0.2) is 0 Å². The van der Waals surface area contributed by atoms with Crippen molar-refractivity contribution in [2.24, 2.45) is 17.7 Å². The molecule has 1 aromatic rings. The number of benzene rings is 1. The van der Waals surface area contributed by atoms with Gasteiger partial charge in [-0.25, -0.2) is 0 Å². The topological polar surface area (TPSA) is 38.0 Å². The van der Waals surface area contributed by atoms with E-state index in [0.717, 1.165) is 36.5 Å². The second kappa shape index (κ2) is 6.79. The molecule has 1 atom stereocenters. The van der Waals surface area contributed by atoms with Crippen LogP contribution < -0.4 is 11.3 Å². The predicted molar refractivity (Wildman–Crippen MR) is 77.4 cm³/mol. The number of nitrogens with two attached hydrogens (primary N) is 1. The van der Waals surface area contributed by atoms with Crippen LogP contribution in [0.25, 0.3) is 0 Å². The first-order chi connectivity index (χ1) is 9.90. The van der Waals surface area contributed by atoms with Crippen LogP contribution in [-0.2, 0) is 12.6 Å². The molecule has 0 aromatic heterocycles. The highest BCUT2D eigenvalue weighted by Gasteiger charge is 2.30. The molecular formula is C16H23F3N2. The van der Waals surface area contributed by atoms with E-state index < -0.39 is 11.7 Å². The van der Waals surface area contributed by atoms with Crippen LogP contribution in [0.4, 0.5) is 13.2 Å². The molecule has 0 saturated heterocycles. The summed E-state index contributed by atoms with van der Waals surface area (Å²) in [5.74, 6) is 6.93. The lowest BCUT2D eigenvalue weighted by Gasteiger charge is -2.32. The van der Waals surface area contributed by atoms with Crippen molar-refractivity contribution in [1.29, 1.82) is 0 Å². The Bertz CT molecular complexity index is 434. The summed E-state index contributed by atoms with van der Waals surface area (Å²) in [5, 5.41) is 0. The minimum Gasteiger partial charge on any atom is -0.271 e. The lowest BCUT2D eigenvalue weighted by Crippen LogP contribution is -2.43. The van der Waals surface area contributed by atoms with Crippen LogP contribution in [0.5, 0.6) is 0 Å². The number of hydrazine groups is 1. The Balaban J connectivity index is 1.98. The van der Waals surface area contributed by atoms with Crippen LogP contribution in [0, 0.1) is 11.8 Å². The fourth-order valence-electron chi connectivity index (χ4n) is 3.13. The lowest BCUT2D eigenvalue weighted by atomic mass is 9.78. The van der Waals surface area contributed by atoms with Gasteiger partial charge in [0, 0.05) is 6.04 Å². The minimum atomic E-state index is -4.27. The van der Waals surface area contributed by atoms with Crippen molar-refractivity contribution < 1.29 is 13.2 Å². The van der Waals surface area contributed by atoms with E-state index in [-0.39, 0.29) is 6.04 Å². The summed E-state index contributed by atoms with van der Waals surface area (Å²) in [6.45, 7) is 2.26. The molecule has 0 heterocycles. The molecule has 0 bridgehead atoms. The van der Waals surface area contributed by atoms with Crippen molar-refractivity contribution in [3.05, 3.63) is 35.4 Å². The van der Waals surface area contributed by atoms with Gasteiger partial charge in [0.1, 0.15) is 0 Å². The zero-order valence-corrected chi connectivity index (χ0v) is 12.3. The Labute approximate surface area is 123 Å². The predicted octanol–water partition coefficient (Wildman–Crippen LogP) is 3.91. The molecule has 1 saturated carbocycles. The van der Waals surface area contributed by atoms with Gasteiger partial charge in [0.25, 0.3) is 0 Å². The van der Waals surface area contributed by atoms with E-state index in [1.165, 1.54) is 12.8 Å². The maximum Gasteiger partial charge on any atom is 0.416 e. The zero-order chi connectivity index (χ0) is 15.5. The smallest absolute Gasteiger partial charge is 0.271 e. The molecule has 5 heteroatoms. The highest BCUT2D eigenvalue weighted by Crippen LogP contribution is 2.32. The minimum absolute atomic E-state index is 0.134. The quantitative estimate of drug-likeness (QED) is 0.653. The fourth-order valence-corrected chi connectivity index (χ4v) is 3.13. The van der Waals surface area contributed by atoms with Crippen LogP contribution in [0.1, 0.15) is 43.7 Å². The third-order valence-electron chi connectivity index (χ3n) is 4.58. The molecule has 0 spiro atoms. The molecule has 118 valence electrons. The number of rotatable bonds is 4. The summed E-state index contributed by atoms with van der Waals surface area (Å²) in [6.07, 6.45) is 1.08. The number of nitrogens with one attached hydrogen (secondary N) is 1. The van der Waals surface area contributed by atoms with E-state index in [4.69, 9.17) is 5.84 Å². The molecular weight excluding hydrogens is 277 g/mol. The van der Waals surface area contributed by atoms with Crippen LogP contribution in [0.15, 0.2) is 24.3 Å². The normalized spacial score (nSPS) is 24.8. The third kappa shape index (κ3) is 4.45. The maximum absolute atomic E-state index is 12.5. The molecule has 2 nitrogen and oxygen atoms in total. The van der Waals surface area contributed by atoms with Crippen molar-refractivity contribution in [3.63, 3.8) is 0 Å². The Morgan fingerprint density at radius 1 is 1.14 bits per heavy atom. The van der Waals surface area contributed by atoms with Crippen molar-refractivity contribution in [1.82, 2.24) is 5.43 Å². The first kappa shape index (κ1) is 16.3. The zero-order valence-electron chi connectivity index (χ0n) is 12.3. The molecule has 21 heavy (non-hydrogen) atoms. The lowest BCUT2D eigenvalue weighted by molar-refractivity contribution is -0.137. The molecule has 1 fully saturated rings. The Morgan fingerprint density at radius 3 is 2.19 bits per heavy atom. The van der Waals surface area contributed by atoms with Crippen molar-refractivity contribution in [2.75, 3.05) is 0 Å². The van der Waals surface area contributed by atoms with Crippen molar-refractivity contribution >= 4 is 0 Å². The van der Waals surface area contributed by atoms with Gasteiger partial charge >= 0.3 is 6.18 Å². The average molecular weight is 300 g/mol. The highest BCUT2D eigenvalue weighted by atomic mass is 19.4. The number of hydrogen-bond donors (Lipinski definition) is 2. The summed E-state index contributed by atoms with van der Waals surface area (Å²) < 4.78 is 37.6. The Hall–Kier alpha value is -1.07. The van der Waals surface area contributed by atoms with E-state index in [1.54, 1.807) is 12.1 Å². The molecule has 1 aliphatic rings. The van der Waals surface area contributed by atoms with Crippen LogP contribution in [0.3, 0.4) is 0 Å². The van der Waals surface area contributed by atoms with Gasteiger partial charge < -0.3 is 0 Å². The van der Waals surface area contributed by atoms with Crippen LogP contribution in [-0.4, -0.2) is 6.04 Å². The highest BCUT2D eigenvalue weighted by molar-refractivity contribution is 5.25. The van der Waals surface area contributed by atoms with Gasteiger partial charge in [0.2, 0.25) is 0 Å². The van der Waals surface area contributed by atoms with Gasteiger partial charge in [-0.3, -0.25) is 11.3 Å². The largest absolute Gasteiger partial charge is 0.416 e. The maximum atomic E-state index is 12.5. The second-order valence-corrected chi connectivity index (χ2v) is 6.19. The molecule has 3 N–H and O–H groups in total. The van der Waals surface area contributed by atoms with Crippen LogP contribution >= 0.6 is 0 Å². The molecule has 2 rings (SSSR count). The first-order valence-corrected chi connectivity index (χ1v) is 7.52. The third-order valence-corrected chi connectivity index (χ3v) is 4.58. The molecule has 1 unspecified atom stereocenters. The van der Waals surface area contributed by atoms with Crippen molar-refractivity contribution in [3.8, 4) is 0 Å². The molecule has 1 aromatic carbocycles. The van der Waals surface area contributed by atoms with E-state index in [9.17, 15) is 13.2 Å². The summed E-state index contributed by atoms with van der Waals surface area (Å²) in [7, 11) is 0. The van der Waals surface area contributed by atoms with E-state index in [1.807, 2.05) is 0 Å². The average Bonchev–Trinajstić information content (AvgIpc) is 2.45. The van der Waals surface area contributed by atoms with E-state index >= 15 is 0 Å². The summed E-state index contributed by atoms with van der Waals surface area (Å²) in [4.78, 5) is 0. The van der Waals surface area contributed by atoms with Gasteiger partial charge in [0.05, 0.1) is 5.56 Å². The molecule has 0 amide bonds. The second-order valence-electron chi connectivity index (χ2n) is 6.19. The number of alkyl halides is 3. The summed E-state index contributed by atoms with van der Waals surface area (Å²) in [6, 6.07) is 5.53. The molecule has 1 aliphatic carbocycles. The van der Waals surface area contributed by atoms with Crippen molar-refractivity contribution in [2.45, 2.75) is 51.2 Å².